The monoisotopic (exact) mass is 217 g/mol. The first-order chi connectivity index (χ1) is 7.02. The Kier molecular flexibility index (Phi) is 4.01. The molecule has 1 aliphatic heterocycles. The summed E-state index contributed by atoms with van der Waals surface area (Å²) in [6, 6.07) is -1.59. The Labute approximate surface area is 87.0 Å². The first-order valence-electron chi connectivity index (χ1n) is 4.62. The summed E-state index contributed by atoms with van der Waals surface area (Å²) in [6.45, 7) is 1.22. The summed E-state index contributed by atoms with van der Waals surface area (Å²) in [4.78, 5) is 23.2. The molecular formula is C8H15N3O4. The van der Waals surface area contributed by atoms with E-state index in [2.05, 4.69) is 0 Å². The van der Waals surface area contributed by atoms with Crippen molar-refractivity contribution in [2.45, 2.75) is 12.1 Å². The zero-order chi connectivity index (χ0) is 11.4. The lowest BCUT2D eigenvalue weighted by Crippen LogP contribution is -2.56. The van der Waals surface area contributed by atoms with E-state index in [1.807, 2.05) is 0 Å². The predicted molar refractivity (Wildman–Crippen MR) is 51.0 cm³/mol. The number of nitrogens with zero attached hydrogens (tertiary/aromatic N) is 1. The van der Waals surface area contributed by atoms with E-state index in [1.54, 1.807) is 4.90 Å². The predicted octanol–water partition coefficient (Wildman–Crippen LogP) is -2.42. The van der Waals surface area contributed by atoms with Gasteiger partial charge < -0.3 is 21.3 Å². The molecule has 7 heteroatoms. The van der Waals surface area contributed by atoms with Crippen LogP contribution in [0.4, 0.5) is 0 Å². The van der Waals surface area contributed by atoms with Gasteiger partial charge in [0.05, 0.1) is 13.2 Å². The van der Waals surface area contributed by atoms with Crippen LogP contribution in [-0.4, -0.2) is 60.3 Å². The number of hydrogen-bond donors (Lipinski definition) is 3. The zero-order valence-electron chi connectivity index (χ0n) is 8.26. The van der Waals surface area contributed by atoms with Crippen LogP contribution in [0.15, 0.2) is 0 Å². The van der Waals surface area contributed by atoms with Gasteiger partial charge in [0, 0.05) is 13.1 Å². The number of rotatable bonds is 4. The molecular weight excluding hydrogens is 202 g/mol. The van der Waals surface area contributed by atoms with Crippen LogP contribution in [-0.2, 0) is 14.3 Å². The highest BCUT2D eigenvalue weighted by Crippen LogP contribution is 2.06. The quantitative estimate of drug-likeness (QED) is 0.482. The molecule has 7 nitrogen and oxygen atoms in total. The van der Waals surface area contributed by atoms with Crippen LogP contribution in [0.25, 0.3) is 0 Å². The van der Waals surface area contributed by atoms with Crippen LogP contribution < -0.4 is 11.5 Å². The van der Waals surface area contributed by atoms with Crippen LogP contribution in [0.5, 0.6) is 0 Å². The number of carbonyl (C=O) groups is 2. The number of ether oxygens (including phenoxy) is 1. The van der Waals surface area contributed by atoms with E-state index in [-0.39, 0.29) is 13.2 Å². The Balaban J connectivity index is 2.56. The number of aliphatic carboxylic acids is 1. The number of nitrogens with two attached hydrogens (primary N) is 2. The van der Waals surface area contributed by atoms with Crippen molar-refractivity contribution in [2.24, 2.45) is 11.5 Å². The molecule has 0 saturated carbocycles. The molecule has 1 rings (SSSR count). The van der Waals surface area contributed by atoms with E-state index in [4.69, 9.17) is 21.3 Å². The van der Waals surface area contributed by atoms with Crippen molar-refractivity contribution in [1.82, 2.24) is 4.90 Å². The summed E-state index contributed by atoms with van der Waals surface area (Å²) < 4.78 is 5.08. The number of hydrogen-bond acceptors (Lipinski definition) is 5. The molecule has 1 saturated heterocycles. The molecule has 0 radical (unpaired) electrons. The lowest BCUT2D eigenvalue weighted by atomic mass is 10.2. The summed E-state index contributed by atoms with van der Waals surface area (Å²) in [5, 5.41) is 8.64. The Morgan fingerprint density at radius 1 is 1.60 bits per heavy atom. The van der Waals surface area contributed by atoms with Gasteiger partial charge in [-0.25, -0.2) is 0 Å². The van der Waals surface area contributed by atoms with E-state index in [0.717, 1.165) is 0 Å². The van der Waals surface area contributed by atoms with Crippen molar-refractivity contribution in [1.29, 1.82) is 0 Å². The van der Waals surface area contributed by atoms with Gasteiger partial charge in [0.1, 0.15) is 12.1 Å². The van der Waals surface area contributed by atoms with Gasteiger partial charge in [0.25, 0.3) is 0 Å². The molecule has 1 fully saturated rings. The highest BCUT2D eigenvalue weighted by Gasteiger charge is 2.30. The van der Waals surface area contributed by atoms with Gasteiger partial charge in [-0.2, -0.15) is 0 Å². The molecule has 5 N–H and O–H groups in total. The third kappa shape index (κ3) is 3.15. The number of amides is 1. The van der Waals surface area contributed by atoms with Crippen molar-refractivity contribution >= 4 is 11.9 Å². The average molecular weight is 217 g/mol. The molecule has 1 aliphatic rings. The smallest absolute Gasteiger partial charge is 0.321 e. The molecule has 0 aromatic heterocycles. The van der Waals surface area contributed by atoms with Crippen LogP contribution in [0.2, 0.25) is 0 Å². The number of carboxylic acid groups (broad SMARTS) is 1. The third-order valence-electron chi connectivity index (χ3n) is 2.32. The molecule has 0 aromatic carbocycles. The first kappa shape index (κ1) is 11.9. The summed E-state index contributed by atoms with van der Waals surface area (Å²) in [5.74, 6) is -1.61. The molecule has 1 heterocycles. The summed E-state index contributed by atoms with van der Waals surface area (Å²) in [5.41, 5.74) is 10.5. The van der Waals surface area contributed by atoms with Crippen molar-refractivity contribution < 1.29 is 19.4 Å². The molecule has 15 heavy (non-hydrogen) atoms. The fraction of sp³-hybridized carbons (Fsp3) is 0.750. The minimum absolute atomic E-state index is 0.103. The Bertz CT molecular complexity index is 258. The lowest BCUT2D eigenvalue weighted by Gasteiger charge is -2.34. The van der Waals surface area contributed by atoms with Crippen LogP contribution >= 0.6 is 0 Å². The van der Waals surface area contributed by atoms with E-state index >= 15 is 0 Å². The summed E-state index contributed by atoms with van der Waals surface area (Å²) in [6.07, 6.45) is 0. The number of carboxylic acids is 1. The first-order valence-corrected chi connectivity index (χ1v) is 4.62. The number of morpholine rings is 1. The van der Waals surface area contributed by atoms with Crippen molar-refractivity contribution in [3.05, 3.63) is 0 Å². The molecule has 1 amide bonds. The number of carbonyl (C=O) groups excluding carboxylic acids is 1. The molecule has 2 atom stereocenters. The summed E-state index contributed by atoms with van der Waals surface area (Å²) >= 11 is 0. The fourth-order valence-corrected chi connectivity index (χ4v) is 1.45. The van der Waals surface area contributed by atoms with E-state index in [1.165, 1.54) is 0 Å². The molecule has 0 spiro atoms. The zero-order valence-corrected chi connectivity index (χ0v) is 8.26. The largest absolute Gasteiger partial charge is 0.480 e. The normalized spacial score (nSPS) is 24.7. The second-order valence-electron chi connectivity index (χ2n) is 3.43. The van der Waals surface area contributed by atoms with Gasteiger partial charge in [-0.3, -0.25) is 14.5 Å². The Hall–Kier alpha value is -1.18. The van der Waals surface area contributed by atoms with E-state index in [0.29, 0.717) is 13.2 Å². The lowest BCUT2D eigenvalue weighted by molar-refractivity contribution is -0.141. The van der Waals surface area contributed by atoms with Crippen LogP contribution in [0.3, 0.4) is 0 Å². The van der Waals surface area contributed by atoms with Crippen molar-refractivity contribution in [3.8, 4) is 0 Å². The molecule has 0 aromatic rings. The number of primary amides is 1. The van der Waals surface area contributed by atoms with Crippen LogP contribution in [0, 0.1) is 0 Å². The average Bonchev–Trinajstić information content (AvgIpc) is 2.18. The second kappa shape index (κ2) is 5.06. The topological polar surface area (TPSA) is 119 Å². The van der Waals surface area contributed by atoms with Gasteiger partial charge in [0.15, 0.2) is 0 Å². The maximum atomic E-state index is 11.0. The maximum Gasteiger partial charge on any atom is 0.321 e. The minimum Gasteiger partial charge on any atom is -0.480 e. The van der Waals surface area contributed by atoms with Crippen molar-refractivity contribution in [2.75, 3.05) is 26.3 Å². The molecule has 2 unspecified atom stereocenters. The fourth-order valence-electron chi connectivity index (χ4n) is 1.45. The van der Waals surface area contributed by atoms with Gasteiger partial charge in [-0.15, -0.1) is 0 Å². The molecule has 86 valence electrons. The Morgan fingerprint density at radius 2 is 2.27 bits per heavy atom. The van der Waals surface area contributed by atoms with Gasteiger partial charge in [-0.05, 0) is 0 Å². The van der Waals surface area contributed by atoms with E-state index in [9.17, 15) is 9.59 Å². The van der Waals surface area contributed by atoms with Gasteiger partial charge in [0.2, 0.25) is 5.91 Å². The SMILES string of the molecule is NC(=O)C1COCCN1CC(N)C(=O)O. The van der Waals surface area contributed by atoms with Gasteiger partial charge in [-0.1, -0.05) is 0 Å². The minimum atomic E-state index is -1.09. The summed E-state index contributed by atoms with van der Waals surface area (Å²) in [7, 11) is 0. The molecule has 0 aliphatic carbocycles. The van der Waals surface area contributed by atoms with Crippen molar-refractivity contribution in [3.63, 3.8) is 0 Å². The highest BCUT2D eigenvalue weighted by molar-refractivity contribution is 5.80. The maximum absolute atomic E-state index is 11.0. The molecule has 0 bridgehead atoms. The second-order valence-corrected chi connectivity index (χ2v) is 3.43. The van der Waals surface area contributed by atoms with E-state index < -0.39 is 24.0 Å². The van der Waals surface area contributed by atoms with Crippen LogP contribution in [0.1, 0.15) is 0 Å². The van der Waals surface area contributed by atoms with Gasteiger partial charge >= 0.3 is 5.97 Å². The standard InChI is InChI=1S/C8H15N3O4/c9-5(8(13)14)3-11-1-2-15-4-6(11)7(10)12/h5-6H,1-4,9H2,(H2,10,12)(H,13,14). The Morgan fingerprint density at radius 3 is 2.80 bits per heavy atom. The highest BCUT2D eigenvalue weighted by atomic mass is 16.5. The third-order valence-corrected chi connectivity index (χ3v) is 2.32.